The topological polar surface area (TPSA) is 41.5 Å². The van der Waals surface area contributed by atoms with Crippen LogP contribution in [-0.4, -0.2) is 31.4 Å². The minimum Gasteiger partial charge on any atom is -0.492 e. The van der Waals surface area contributed by atoms with Gasteiger partial charge in [-0.15, -0.1) is 0 Å². The van der Waals surface area contributed by atoms with Crippen LogP contribution in [0.5, 0.6) is 5.75 Å². The van der Waals surface area contributed by atoms with Crippen LogP contribution in [-0.2, 0) is 0 Å². The number of benzene rings is 1. The smallest absolute Gasteiger partial charge is 0.119 e. The lowest BCUT2D eigenvalue weighted by Crippen LogP contribution is -2.28. The lowest BCUT2D eigenvalue weighted by atomic mass is 10.0. The maximum absolute atomic E-state index is 8.94. The molecule has 0 atom stereocenters. The van der Waals surface area contributed by atoms with Gasteiger partial charge >= 0.3 is 0 Å². The molecule has 1 aliphatic rings. The Morgan fingerprint density at radius 1 is 1.24 bits per heavy atom. The van der Waals surface area contributed by atoms with Gasteiger partial charge in [0.2, 0.25) is 0 Å². The molecule has 1 aliphatic carbocycles. The van der Waals surface area contributed by atoms with Crippen LogP contribution in [0.4, 0.5) is 0 Å². The zero-order valence-corrected chi connectivity index (χ0v) is 10.2. The van der Waals surface area contributed by atoms with Gasteiger partial charge in [-0.3, -0.25) is 0 Å². The Morgan fingerprint density at radius 3 is 2.65 bits per heavy atom. The predicted octanol–water partition coefficient (Wildman–Crippen LogP) is 1.82. The predicted molar refractivity (Wildman–Crippen MR) is 68.2 cm³/mol. The molecule has 0 spiro atoms. The van der Waals surface area contributed by atoms with Gasteiger partial charge in [0.1, 0.15) is 12.4 Å². The van der Waals surface area contributed by atoms with Gasteiger partial charge in [0.15, 0.2) is 0 Å². The van der Waals surface area contributed by atoms with Crippen LogP contribution in [0.25, 0.3) is 0 Å². The first-order chi connectivity index (χ1) is 8.35. The van der Waals surface area contributed by atoms with Crippen LogP contribution in [0.3, 0.4) is 0 Å². The SMILES string of the molecule is OCCC1(CNCCOc2ccccc2)CC1. The van der Waals surface area contributed by atoms with Crippen molar-refractivity contribution in [3.05, 3.63) is 30.3 Å². The van der Waals surface area contributed by atoms with Crippen molar-refractivity contribution in [1.29, 1.82) is 0 Å². The number of aliphatic hydroxyl groups is 1. The summed E-state index contributed by atoms with van der Waals surface area (Å²) in [6, 6.07) is 9.87. The van der Waals surface area contributed by atoms with E-state index in [-0.39, 0.29) is 0 Å². The molecule has 0 amide bonds. The summed E-state index contributed by atoms with van der Waals surface area (Å²) >= 11 is 0. The van der Waals surface area contributed by atoms with Gasteiger partial charge in [0.25, 0.3) is 0 Å². The van der Waals surface area contributed by atoms with Crippen LogP contribution in [0.15, 0.2) is 30.3 Å². The van der Waals surface area contributed by atoms with Gasteiger partial charge in [0.05, 0.1) is 0 Å². The van der Waals surface area contributed by atoms with E-state index >= 15 is 0 Å². The standard InChI is InChI=1S/C14H21NO2/c16-10-8-14(6-7-14)12-15-9-11-17-13-4-2-1-3-5-13/h1-5,15-16H,6-12H2. The minimum atomic E-state index is 0.308. The van der Waals surface area contributed by atoms with E-state index < -0.39 is 0 Å². The molecule has 0 aromatic heterocycles. The van der Waals surface area contributed by atoms with Crippen LogP contribution in [0.2, 0.25) is 0 Å². The normalized spacial score (nSPS) is 16.8. The van der Waals surface area contributed by atoms with E-state index in [1.807, 2.05) is 30.3 Å². The van der Waals surface area contributed by atoms with E-state index in [1.54, 1.807) is 0 Å². The fourth-order valence-corrected chi connectivity index (χ4v) is 2.04. The van der Waals surface area contributed by atoms with Crippen molar-refractivity contribution >= 4 is 0 Å². The number of para-hydroxylation sites is 1. The molecule has 0 radical (unpaired) electrons. The summed E-state index contributed by atoms with van der Waals surface area (Å²) < 4.78 is 5.59. The average molecular weight is 235 g/mol. The molecule has 1 aromatic rings. The first-order valence-corrected chi connectivity index (χ1v) is 6.34. The van der Waals surface area contributed by atoms with E-state index in [9.17, 15) is 0 Å². The number of aliphatic hydroxyl groups excluding tert-OH is 1. The second-order valence-electron chi connectivity index (χ2n) is 4.81. The fourth-order valence-electron chi connectivity index (χ4n) is 2.04. The van der Waals surface area contributed by atoms with Gasteiger partial charge < -0.3 is 15.2 Å². The Balaban J connectivity index is 1.55. The number of hydrogen-bond acceptors (Lipinski definition) is 3. The quantitative estimate of drug-likeness (QED) is 0.675. The highest BCUT2D eigenvalue weighted by Crippen LogP contribution is 2.47. The van der Waals surface area contributed by atoms with Crippen molar-refractivity contribution in [2.24, 2.45) is 5.41 Å². The summed E-state index contributed by atoms with van der Waals surface area (Å²) in [5, 5.41) is 12.3. The number of nitrogens with one attached hydrogen (secondary N) is 1. The molecule has 0 heterocycles. The molecule has 0 aliphatic heterocycles. The van der Waals surface area contributed by atoms with E-state index in [2.05, 4.69) is 5.32 Å². The third kappa shape index (κ3) is 4.02. The zero-order valence-electron chi connectivity index (χ0n) is 10.2. The van der Waals surface area contributed by atoms with Crippen molar-refractivity contribution in [3.63, 3.8) is 0 Å². The summed E-state index contributed by atoms with van der Waals surface area (Å²) in [5.74, 6) is 0.922. The van der Waals surface area contributed by atoms with Gasteiger partial charge in [-0.05, 0) is 36.8 Å². The summed E-state index contributed by atoms with van der Waals surface area (Å²) in [4.78, 5) is 0. The molecule has 1 aromatic carbocycles. The van der Waals surface area contributed by atoms with Crippen LogP contribution >= 0.6 is 0 Å². The maximum atomic E-state index is 8.94. The summed E-state index contributed by atoms with van der Waals surface area (Å²) in [5.41, 5.74) is 0.390. The van der Waals surface area contributed by atoms with Crippen LogP contribution in [0, 0.1) is 5.41 Å². The average Bonchev–Trinajstić information content (AvgIpc) is 3.11. The van der Waals surface area contributed by atoms with Gasteiger partial charge in [-0.1, -0.05) is 18.2 Å². The largest absolute Gasteiger partial charge is 0.492 e. The summed E-state index contributed by atoms with van der Waals surface area (Å²) in [6.45, 7) is 2.87. The van der Waals surface area contributed by atoms with Crippen molar-refractivity contribution in [2.45, 2.75) is 19.3 Å². The third-order valence-electron chi connectivity index (χ3n) is 3.39. The highest BCUT2D eigenvalue weighted by Gasteiger charge is 2.41. The molecule has 94 valence electrons. The Labute approximate surface area is 103 Å². The van der Waals surface area contributed by atoms with E-state index in [1.165, 1.54) is 12.8 Å². The number of ether oxygens (including phenoxy) is 1. The molecule has 17 heavy (non-hydrogen) atoms. The number of rotatable bonds is 8. The molecule has 3 nitrogen and oxygen atoms in total. The van der Waals surface area contributed by atoms with Gasteiger partial charge in [0, 0.05) is 19.7 Å². The fraction of sp³-hybridized carbons (Fsp3) is 0.571. The van der Waals surface area contributed by atoms with Crippen molar-refractivity contribution < 1.29 is 9.84 Å². The van der Waals surface area contributed by atoms with Crippen molar-refractivity contribution in [3.8, 4) is 5.75 Å². The molecule has 3 heteroatoms. The molecule has 1 fully saturated rings. The zero-order chi connectivity index (χ0) is 12.0. The summed E-state index contributed by atoms with van der Waals surface area (Å²) in [6.07, 6.45) is 3.43. The highest BCUT2D eigenvalue weighted by atomic mass is 16.5. The van der Waals surface area contributed by atoms with E-state index in [0.717, 1.165) is 25.3 Å². The van der Waals surface area contributed by atoms with Gasteiger partial charge in [-0.2, -0.15) is 0 Å². The molecule has 2 N–H and O–H groups in total. The third-order valence-corrected chi connectivity index (χ3v) is 3.39. The van der Waals surface area contributed by atoms with Crippen molar-refractivity contribution in [2.75, 3.05) is 26.3 Å². The second-order valence-corrected chi connectivity index (χ2v) is 4.81. The molecule has 0 bridgehead atoms. The second kappa shape index (κ2) is 6.03. The molecular formula is C14H21NO2. The lowest BCUT2D eigenvalue weighted by Gasteiger charge is -2.14. The monoisotopic (exact) mass is 235 g/mol. The first-order valence-electron chi connectivity index (χ1n) is 6.34. The molecule has 1 saturated carbocycles. The Kier molecular flexibility index (Phi) is 4.40. The van der Waals surface area contributed by atoms with E-state index in [4.69, 9.17) is 9.84 Å². The van der Waals surface area contributed by atoms with Gasteiger partial charge in [-0.25, -0.2) is 0 Å². The van der Waals surface area contributed by atoms with Crippen LogP contribution in [0.1, 0.15) is 19.3 Å². The van der Waals surface area contributed by atoms with Crippen molar-refractivity contribution in [1.82, 2.24) is 5.32 Å². The molecule has 0 unspecified atom stereocenters. The highest BCUT2D eigenvalue weighted by molar-refractivity contribution is 5.20. The van der Waals surface area contributed by atoms with E-state index in [0.29, 0.717) is 18.6 Å². The maximum Gasteiger partial charge on any atom is 0.119 e. The molecular weight excluding hydrogens is 214 g/mol. The molecule has 2 rings (SSSR count). The lowest BCUT2D eigenvalue weighted by molar-refractivity contribution is 0.241. The summed E-state index contributed by atoms with van der Waals surface area (Å²) in [7, 11) is 0. The Bertz CT molecular complexity index is 322. The first kappa shape index (κ1) is 12.4. The minimum absolute atomic E-state index is 0.308. The molecule has 0 saturated heterocycles. The number of hydrogen-bond donors (Lipinski definition) is 2. The Morgan fingerprint density at radius 2 is 2.00 bits per heavy atom. The van der Waals surface area contributed by atoms with Crippen LogP contribution < -0.4 is 10.1 Å². The Hall–Kier alpha value is -1.06.